The topological polar surface area (TPSA) is 69.7 Å². The third-order valence-corrected chi connectivity index (χ3v) is 2.74. The molecule has 0 heterocycles. The lowest BCUT2D eigenvalue weighted by molar-refractivity contribution is -0.151. The molecule has 1 atom stereocenters. The average molecular weight is 278 g/mol. The van der Waals surface area contributed by atoms with E-state index >= 15 is 0 Å². The lowest BCUT2D eigenvalue weighted by Crippen LogP contribution is -2.33. The van der Waals surface area contributed by atoms with Crippen LogP contribution in [0.1, 0.15) is 26.7 Å². The quantitative estimate of drug-likeness (QED) is 0.319. The van der Waals surface area contributed by atoms with E-state index in [0.29, 0.717) is 6.42 Å². The molecule has 0 N–H and O–H groups in total. The summed E-state index contributed by atoms with van der Waals surface area (Å²) in [5.74, 6) is -1.15. The van der Waals surface area contributed by atoms with Crippen LogP contribution in [0, 0.1) is 0 Å². The van der Waals surface area contributed by atoms with E-state index in [4.69, 9.17) is 0 Å². The Kier molecular flexibility index (Phi) is 5.89. The zero-order valence-corrected chi connectivity index (χ0v) is 10.1. The first-order chi connectivity index (χ1) is 7.62. The van der Waals surface area contributed by atoms with Crippen molar-refractivity contribution in [3.63, 3.8) is 0 Å². The molecule has 0 aromatic carbocycles. The summed E-state index contributed by atoms with van der Waals surface area (Å²) < 4.78 is 65.0. The van der Waals surface area contributed by atoms with Gasteiger partial charge in [0.25, 0.3) is 0 Å². The third kappa shape index (κ3) is 5.35. The maximum absolute atomic E-state index is 11.9. The van der Waals surface area contributed by atoms with Crippen molar-refractivity contribution in [2.45, 2.75) is 38.3 Å². The van der Waals surface area contributed by atoms with E-state index < -0.39 is 27.7 Å². The van der Waals surface area contributed by atoms with Gasteiger partial charge in [-0.05, 0) is 13.3 Å². The van der Waals surface area contributed by atoms with E-state index in [1.165, 1.54) is 0 Å². The first-order valence-corrected chi connectivity index (χ1v) is 6.19. The molecular formula is C8H13F3O5S. The van der Waals surface area contributed by atoms with E-state index in [9.17, 15) is 26.4 Å². The fraction of sp³-hybridized carbons (Fsp3) is 0.875. The monoisotopic (exact) mass is 278 g/mol. The lowest BCUT2D eigenvalue weighted by Gasteiger charge is -2.13. The van der Waals surface area contributed by atoms with Crippen molar-refractivity contribution < 1.29 is 35.3 Å². The van der Waals surface area contributed by atoms with Crippen molar-refractivity contribution >= 4 is 16.1 Å². The molecule has 0 aliphatic rings. The molecule has 0 aromatic rings. The number of alkyl halides is 3. The summed E-state index contributed by atoms with van der Waals surface area (Å²) in [7, 11) is -5.77. The fourth-order valence-electron chi connectivity index (χ4n) is 0.718. The van der Waals surface area contributed by atoms with Gasteiger partial charge in [-0.25, -0.2) is 8.98 Å². The molecule has 102 valence electrons. The second-order valence-corrected chi connectivity index (χ2v) is 4.72. The van der Waals surface area contributed by atoms with Crippen molar-refractivity contribution in [1.29, 1.82) is 0 Å². The Morgan fingerprint density at radius 2 is 1.88 bits per heavy atom. The summed E-state index contributed by atoms with van der Waals surface area (Å²) >= 11 is 0. The van der Waals surface area contributed by atoms with Gasteiger partial charge in [0.2, 0.25) is 0 Å². The minimum Gasteiger partial charge on any atom is -0.464 e. The molecule has 0 aliphatic heterocycles. The molecule has 0 radical (unpaired) electrons. The van der Waals surface area contributed by atoms with Crippen LogP contribution in [0.15, 0.2) is 0 Å². The van der Waals surface area contributed by atoms with Gasteiger partial charge in [-0.15, -0.1) is 0 Å². The zero-order valence-electron chi connectivity index (χ0n) is 9.28. The number of carbonyl (C=O) groups is 1. The molecule has 5 nitrogen and oxygen atoms in total. The second kappa shape index (κ2) is 6.20. The highest BCUT2D eigenvalue weighted by molar-refractivity contribution is 7.87. The molecule has 0 saturated heterocycles. The Hall–Kier alpha value is -0.830. The van der Waals surface area contributed by atoms with Crippen LogP contribution in [0.25, 0.3) is 0 Å². The van der Waals surface area contributed by atoms with E-state index in [1.54, 1.807) is 0 Å². The van der Waals surface area contributed by atoms with E-state index in [1.807, 2.05) is 6.92 Å². The highest BCUT2D eigenvalue weighted by atomic mass is 32.2. The summed E-state index contributed by atoms with van der Waals surface area (Å²) in [4.78, 5) is 11.0. The molecule has 0 aliphatic carbocycles. The fourth-order valence-corrected chi connectivity index (χ4v) is 1.29. The van der Waals surface area contributed by atoms with Gasteiger partial charge >= 0.3 is 21.6 Å². The van der Waals surface area contributed by atoms with Crippen LogP contribution < -0.4 is 0 Å². The normalized spacial score (nSPS) is 14.4. The molecule has 0 amide bonds. The minimum atomic E-state index is -5.77. The van der Waals surface area contributed by atoms with Crippen LogP contribution in [0.3, 0.4) is 0 Å². The molecule has 17 heavy (non-hydrogen) atoms. The Balaban J connectivity index is 4.36. The van der Waals surface area contributed by atoms with Crippen LogP contribution >= 0.6 is 0 Å². The molecule has 0 bridgehead atoms. The number of carbonyl (C=O) groups excluding carboxylic acids is 1. The van der Waals surface area contributed by atoms with Crippen LogP contribution in [-0.4, -0.2) is 32.6 Å². The van der Waals surface area contributed by atoms with Gasteiger partial charge in [0.15, 0.2) is 6.10 Å². The van der Waals surface area contributed by atoms with Gasteiger partial charge in [-0.1, -0.05) is 13.3 Å². The smallest absolute Gasteiger partial charge is 0.464 e. The van der Waals surface area contributed by atoms with Crippen LogP contribution in [0.4, 0.5) is 13.2 Å². The van der Waals surface area contributed by atoms with Crippen LogP contribution in [-0.2, 0) is 23.8 Å². The van der Waals surface area contributed by atoms with Crippen molar-refractivity contribution in [3.8, 4) is 0 Å². The highest BCUT2D eigenvalue weighted by Crippen LogP contribution is 2.25. The molecular weight excluding hydrogens is 265 g/mol. The molecule has 0 unspecified atom stereocenters. The number of esters is 1. The lowest BCUT2D eigenvalue weighted by atomic mass is 10.3. The molecule has 9 heteroatoms. The predicted molar refractivity (Wildman–Crippen MR) is 51.4 cm³/mol. The maximum Gasteiger partial charge on any atom is 0.523 e. The molecule has 0 aromatic heterocycles. The van der Waals surface area contributed by atoms with Crippen molar-refractivity contribution in [2.24, 2.45) is 0 Å². The number of ether oxygens (including phenoxy) is 1. The Labute approximate surface area is 97.0 Å². The SMILES string of the molecule is CCCCOC(=O)[C@H](C)OS(=O)(=O)C(F)(F)F. The number of rotatable bonds is 6. The Morgan fingerprint density at radius 3 is 2.29 bits per heavy atom. The van der Waals surface area contributed by atoms with Crippen molar-refractivity contribution in [2.75, 3.05) is 6.61 Å². The van der Waals surface area contributed by atoms with Gasteiger partial charge < -0.3 is 4.74 Å². The largest absolute Gasteiger partial charge is 0.523 e. The molecule has 0 rings (SSSR count). The van der Waals surface area contributed by atoms with Gasteiger partial charge in [0.05, 0.1) is 6.61 Å². The zero-order chi connectivity index (χ0) is 13.7. The first kappa shape index (κ1) is 16.2. The summed E-state index contributed by atoms with van der Waals surface area (Å²) in [5.41, 5.74) is -5.55. The van der Waals surface area contributed by atoms with E-state index in [0.717, 1.165) is 13.3 Å². The van der Waals surface area contributed by atoms with Gasteiger partial charge in [0.1, 0.15) is 0 Å². The highest BCUT2D eigenvalue weighted by Gasteiger charge is 2.49. The molecule has 0 spiro atoms. The maximum atomic E-state index is 11.9. The second-order valence-electron chi connectivity index (χ2n) is 3.16. The average Bonchev–Trinajstić information content (AvgIpc) is 2.15. The summed E-state index contributed by atoms with van der Waals surface area (Å²) in [6.07, 6.45) is -0.563. The van der Waals surface area contributed by atoms with Crippen molar-refractivity contribution in [3.05, 3.63) is 0 Å². The summed E-state index contributed by atoms with van der Waals surface area (Å²) in [5, 5.41) is 0. The van der Waals surface area contributed by atoms with E-state index in [-0.39, 0.29) is 6.61 Å². The Bertz CT molecular complexity index is 349. The number of halogens is 3. The van der Waals surface area contributed by atoms with Gasteiger partial charge in [0, 0.05) is 0 Å². The molecule has 0 fully saturated rings. The summed E-state index contributed by atoms with van der Waals surface area (Å²) in [6.45, 7) is 2.70. The van der Waals surface area contributed by atoms with Gasteiger partial charge in [-0.2, -0.15) is 21.6 Å². The van der Waals surface area contributed by atoms with E-state index in [2.05, 4.69) is 8.92 Å². The van der Waals surface area contributed by atoms with Crippen molar-refractivity contribution in [1.82, 2.24) is 0 Å². The Morgan fingerprint density at radius 1 is 1.35 bits per heavy atom. The number of hydrogen-bond acceptors (Lipinski definition) is 5. The van der Waals surface area contributed by atoms with Gasteiger partial charge in [-0.3, -0.25) is 0 Å². The predicted octanol–water partition coefficient (Wildman–Crippen LogP) is 1.58. The number of unbranched alkanes of at least 4 members (excludes halogenated alkanes) is 1. The van der Waals surface area contributed by atoms with Crippen LogP contribution in [0.2, 0.25) is 0 Å². The minimum absolute atomic E-state index is 0.00903. The van der Waals surface area contributed by atoms with Crippen LogP contribution in [0.5, 0.6) is 0 Å². The number of hydrogen-bond donors (Lipinski definition) is 0. The first-order valence-electron chi connectivity index (χ1n) is 4.78. The standard InChI is InChI=1S/C8H13F3O5S/c1-3-4-5-15-7(12)6(2)16-17(13,14)8(9,10)11/h6H,3-5H2,1-2H3/t6-/m0/s1. The molecule has 0 saturated carbocycles. The third-order valence-electron chi connectivity index (χ3n) is 1.63. The summed E-state index contributed by atoms with van der Waals surface area (Å²) in [6, 6.07) is 0.